The second-order valence-electron chi connectivity index (χ2n) is 7.21. The molecule has 4 aromatic rings. The lowest BCUT2D eigenvalue weighted by atomic mass is 10.0. The number of hydrogen-bond acceptors (Lipinski definition) is 3. The van der Waals surface area contributed by atoms with Crippen LogP contribution in [0.1, 0.15) is 5.56 Å². The molecule has 0 saturated carbocycles. The molecule has 2 aromatic carbocycles. The van der Waals surface area contributed by atoms with E-state index in [9.17, 15) is 31.1 Å². The minimum atomic E-state index is -2.31. The third-order valence-electron chi connectivity index (χ3n) is 5.03. The molecule has 174 valence electrons. The molecule has 4 rings (SSSR count). The van der Waals surface area contributed by atoms with Gasteiger partial charge in [-0.25, -0.2) is 26.3 Å². The SMILES string of the molecule is Cn1nc(-c2ccc(F)cc2)c(-c2ccncc2)c1NC(=O)Cc1c(F)c(F)c(F)c(F)c1F. The first-order chi connectivity index (χ1) is 16.2. The van der Waals surface area contributed by atoms with Crippen LogP contribution in [0.15, 0.2) is 48.8 Å². The Morgan fingerprint density at radius 1 is 0.824 bits per heavy atom. The van der Waals surface area contributed by atoms with E-state index in [2.05, 4.69) is 15.4 Å². The maximum Gasteiger partial charge on any atom is 0.230 e. The van der Waals surface area contributed by atoms with Gasteiger partial charge in [-0.05, 0) is 42.0 Å². The smallest absolute Gasteiger partial charge is 0.230 e. The monoisotopic (exact) mass is 476 g/mol. The topological polar surface area (TPSA) is 59.8 Å². The molecular weight excluding hydrogens is 462 g/mol. The number of anilines is 1. The minimum Gasteiger partial charge on any atom is -0.310 e. The van der Waals surface area contributed by atoms with E-state index in [4.69, 9.17) is 0 Å². The number of aryl methyl sites for hydroxylation is 1. The molecule has 0 atom stereocenters. The Morgan fingerprint density at radius 3 is 1.97 bits per heavy atom. The first kappa shape index (κ1) is 23.0. The van der Waals surface area contributed by atoms with Gasteiger partial charge in [0.15, 0.2) is 23.3 Å². The van der Waals surface area contributed by atoms with Crippen LogP contribution in [0.25, 0.3) is 22.4 Å². The number of pyridine rings is 1. The maximum absolute atomic E-state index is 14.0. The van der Waals surface area contributed by atoms with Crippen molar-refractivity contribution in [3.05, 3.63) is 89.3 Å². The lowest BCUT2D eigenvalue weighted by molar-refractivity contribution is -0.115. The summed E-state index contributed by atoms with van der Waals surface area (Å²) in [7, 11) is 1.48. The molecule has 11 heteroatoms. The summed E-state index contributed by atoms with van der Waals surface area (Å²) < 4.78 is 83.0. The summed E-state index contributed by atoms with van der Waals surface area (Å²) in [5.74, 6) is -12.2. The maximum atomic E-state index is 14.0. The number of amides is 1. The molecule has 0 saturated heterocycles. The van der Waals surface area contributed by atoms with Gasteiger partial charge in [-0.1, -0.05) is 0 Å². The molecule has 0 aliphatic heterocycles. The van der Waals surface area contributed by atoms with Crippen LogP contribution in [0.4, 0.5) is 32.2 Å². The average molecular weight is 476 g/mol. The normalized spacial score (nSPS) is 11.0. The molecule has 2 aromatic heterocycles. The van der Waals surface area contributed by atoms with Crippen molar-refractivity contribution < 1.29 is 31.1 Å². The van der Waals surface area contributed by atoms with E-state index in [1.54, 1.807) is 12.1 Å². The molecule has 0 fully saturated rings. The van der Waals surface area contributed by atoms with E-state index >= 15 is 0 Å². The number of benzene rings is 2. The summed E-state index contributed by atoms with van der Waals surface area (Å²) in [4.78, 5) is 16.6. The molecule has 1 N–H and O–H groups in total. The van der Waals surface area contributed by atoms with Gasteiger partial charge in [-0.15, -0.1) is 0 Å². The molecule has 0 spiro atoms. The summed E-state index contributed by atoms with van der Waals surface area (Å²) in [5.41, 5.74) is 0.515. The van der Waals surface area contributed by atoms with Gasteiger partial charge in [0.1, 0.15) is 17.3 Å². The Morgan fingerprint density at radius 2 is 1.38 bits per heavy atom. The zero-order valence-corrected chi connectivity index (χ0v) is 17.3. The predicted molar refractivity (Wildman–Crippen MR) is 110 cm³/mol. The lowest BCUT2D eigenvalue weighted by Gasteiger charge is -2.11. The van der Waals surface area contributed by atoms with E-state index in [0.29, 0.717) is 22.4 Å². The molecule has 2 heterocycles. The van der Waals surface area contributed by atoms with Gasteiger partial charge in [0.25, 0.3) is 0 Å². The summed E-state index contributed by atoms with van der Waals surface area (Å²) in [6.07, 6.45) is 1.84. The van der Waals surface area contributed by atoms with Crippen LogP contribution in [0, 0.1) is 34.9 Å². The van der Waals surface area contributed by atoms with Gasteiger partial charge in [-0.3, -0.25) is 14.5 Å². The standard InChI is InChI=1S/C23H14F6N4O/c1-33-23(31-15(34)10-14-17(25)19(27)21(29)20(28)18(14)26)16(11-6-8-30-9-7-11)22(32-33)12-2-4-13(24)5-3-12/h2-9H,10H2,1H3,(H,31,34). The lowest BCUT2D eigenvalue weighted by Crippen LogP contribution is -2.20. The highest BCUT2D eigenvalue weighted by atomic mass is 19.2. The summed E-state index contributed by atoms with van der Waals surface area (Å²) in [6.45, 7) is 0. The number of nitrogens with zero attached hydrogens (tertiary/aromatic N) is 3. The summed E-state index contributed by atoms with van der Waals surface area (Å²) in [5, 5.41) is 6.79. The Labute approximate surface area is 188 Å². The van der Waals surface area contributed by atoms with Gasteiger partial charge < -0.3 is 5.32 Å². The van der Waals surface area contributed by atoms with Gasteiger partial charge in [0.2, 0.25) is 11.7 Å². The van der Waals surface area contributed by atoms with Crippen LogP contribution in [0.5, 0.6) is 0 Å². The van der Waals surface area contributed by atoms with E-state index in [1.165, 1.54) is 48.4 Å². The Bertz CT molecular complexity index is 1360. The Balaban J connectivity index is 1.76. The second-order valence-corrected chi connectivity index (χ2v) is 7.21. The highest BCUT2D eigenvalue weighted by molar-refractivity contribution is 5.99. The van der Waals surface area contributed by atoms with E-state index in [1.807, 2.05) is 0 Å². The van der Waals surface area contributed by atoms with Crippen molar-refractivity contribution in [3.63, 3.8) is 0 Å². The van der Waals surface area contributed by atoms with Crippen molar-refractivity contribution in [3.8, 4) is 22.4 Å². The van der Waals surface area contributed by atoms with E-state index in [-0.39, 0.29) is 5.82 Å². The molecule has 0 radical (unpaired) electrons. The molecule has 34 heavy (non-hydrogen) atoms. The number of halogens is 6. The predicted octanol–water partition coefficient (Wildman–Crippen LogP) is 5.16. The van der Waals surface area contributed by atoms with Gasteiger partial charge in [0, 0.05) is 30.6 Å². The number of rotatable bonds is 5. The van der Waals surface area contributed by atoms with Crippen LogP contribution in [-0.4, -0.2) is 20.7 Å². The molecule has 0 aliphatic rings. The van der Waals surface area contributed by atoms with E-state index in [0.717, 1.165) is 0 Å². The second kappa shape index (κ2) is 9.00. The van der Waals surface area contributed by atoms with Crippen LogP contribution < -0.4 is 5.32 Å². The quantitative estimate of drug-likeness (QED) is 0.246. The Kier molecular flexibility index (Phi) is 6.10. The zero-order valence-electron chi connectivity index (χ0n) is 17.3. The van der Waals surface area contributed by atoms with Crippen molar-refractivity contribution >= 4 is 11.7 Å². The summed E-state index contributed by atoms with van der Waals surface area (Å²) in [6, 6.07) is 8.63. The van der Waals surface area contributed by atoms with Gasteiger partial charge in [0.05, 0.1) is 12.0 Å². The average Bonchev–Trinajstić information content (AvgIpc) is 3.16. The van der Waals surface area contributed by atoms with Crippen molar-refractivity contribution in [1.82, 2.24) is 14.8 Å². The number of carbonyl (C=O) groups excluding carboxylic acids is 1. The molecule has 5 nitrogen and oxygen atoms in total. The van der Waals surface area contributed by atoms with Crippen molar-refractivity contribution in [2.75, 3.05) is 5.32 Å². The van der Waals surface area contributed by atoms with Crippen LogP contribution >= 0.6 is 0 Å². The molecule has 1 amide bonds. The summed E-state index contributed by atoms with van der Waals surface area (Å²) >= 11 is 0. The fourth-order valence-corrected chi connectivity index (χ4v) is 3.41. The fourth-order valence-electron chi connectivity index (χ4n) is 3.41. The third kappa shape index (κ3) is 4.12. The van der Waals surface area contributed by atoms with Gasteiger partial charge >= 0.3 is 0 Å². The first-order valence-electron chi connectivity index (χ1n) is 9.72. The number of aromatic nitrogens is 3. The third-order valence-corrected chi connectivity index (χ3v) is 5.03. The van der Waals surface area contributed by atoms with Crippen molar-refractivity contribution in [2.45, 2.75) is 6.42 Å². The highest BCUT2D eigenvalue weighted by Gasteiger charge is 2.28. The highest BCUT2D eigenvalue weighted by Crippen LogP contribution is 2.37. The van der Waals surface area contributed by atoms with Crippen LogP contribution in [-0.2, 0) is 18.3 Å². The first-order valence-corrected chi connectivity index (χ1v) is 9.72. The molecular formula is C23H14F6N4O. The zero-order chi connectivity index (χ0) is 24.6. The number of carbonyl (C=O) groups is 1. The van der Waals surface area contributed by atoms with Crippen molar-refractivity contribution in [1.29, 1.82) is 0 Å². The van der Waals surface area contributed by atoms with Crippen LogP contribution in [0.2, 0.25) is 0 Å². The van der Waals surface area contributed by atoms with Gasteiger partial charge in [-0.2, -0.15) is 5.10 Å². The fraction of sp³-hybridized carbons (Fsp3) is 0.0870. The largest absolute Gasteiger partial charge is 0.310 e. The van der Waals surface area contributed by atoms with E-state index < -0.39 is 52.8 Å². The van der Waals surface area contributed by atoms with Crippen LogP contribution in [0.3, 0.4) is 0 Å². The molecule has 0 unspecified atom stereocenters. The Hall–Kier alpha value is -4.15. The number of nitrogens with one attached hydrogen (secondary N) is 1. The van der Waals surface area contributed by atoms with Crippen molar-refractivity contribution in [2.24, 2.45) is 7.05 Å². The molecule has 0 bridgehead atoms. The number of hydrogen-bond donors (Lipinski definition) is 1. The molecule has 0 aliphatic carbocycles. The minimum absolute atomic E-state index is 0.0828.